The van der Waals surface area contributed by atoms with Crippen molar-refractivity contribution in [2.75, 3.05) is 6.54 Å². The molecule has 0 saturated carbocycles. The standard InChI is InChI=1S/C15H21NO/c1-12(13-7-5-4-6-8-13)16-10-9-14(17)11-15(16,2)3/h4-8,12H,9-11H2,1-3H3. The molecule has 2 rings (SSSR count). The van der Waals surface area contributed by atoms with E-state index in [9.17, 15) is 4.79 Å². The molecule has 0 amide bonds. The molecule has 1 unspecified atom stereocenters. The van der Waals surface area contributed by atoms with Crippen LogP contribution in [0.2, 0.25) is 0 Å². The summed E-state index contributed by atoms with van der Waals surface area (Å²) in [4.78, 5) is 14.0. The molecule has 0 aliphatic carbocycles. The van der Waals surface area contributed by atoms with Gasteiger partial charge in [0.15, 0.2) is 0 Å². The lowest BCUT2D eigenvalue weighted by Crippen LogP contribution is -2.51. The highest BCUT2D eigenvalue weighted by molar-refractivity contribution is 5.80. The van der Waals surface area contributed by atoms with Crippen LogP contribution < -0.4 is 0 Å². The summed E-state index contributed by atoms with van der Waals surface area (Å²) in [5.74, 6) is 0.395. The molecule has 1 saturated heterocycles. The van der Waals surface area contributed by atoms with Gasteiger partial charge in [-0.05, 0) is 26.3 Å². The van der Waals surface area contributed by atoms with Crippen molar-refractivity contribution in [2.45, 2.75) is 45.2 Å². The van der Waals surface area contributed by atoms with Gasteiger partial charge in [-0.1, -0.05) is 30.3 Å². The maximum absolute atomic E-state index is 11.6. The molecule has 2 nitrogen and oxygen atoms in total. The average Bonchev–Trinajstić information content (AvgIpc) is 2.28. The molecule has 17 heavy (non-hydrogen) atoms. The Bertz CT molecular complexity index is 397. The van der Waals surface area contributed by atoms with Gasteiger partial charge >= 0.3 is 0 Å². The summed E-state index contributed by atoms with van der Waals surface area (Å²) in [7, 11) is 0. The summed E-state index contributed by atoms with van der Waals surface area (Å²) in [6.45, 7) is 7.45. The van der Waals surface area contributed by atoms with Gasteiger partial charge in [0.2, 0.25) is 0 Å². The Labute approximate surface area is 104 Å². The Hall–Kier alpha value is -1.15. The molecule has 1 aliphatic rings. The molecule has 2 heteroatoms. The van der Waals surface area contributed by atoms with Gasteiger partial charge in [-0.3, -0.25) is 9.69 Å². The van der Waals surface area contributed by atoms with Crippen molar-refractivity contribution in [3.05, 3.63) is 35.9 Å². The van der Waals surface area contributed by atoms with E-state index in [1.807, 2.05) is 6.07 Å². The van der Waals surface area contributed by atoms with Gasteiger partial charge in [0.25, 0.3) is 0 Å². The summed E-state index contributed by atoms with van der Waals surface area (Å²) in [6.07, 6.45) is 1.37. The van der Waals surface area contributed by atoms with Gasteiger partial charge in [0.05, 0.1) is 0 Å². The molecule has 0 spiro atoms. The van der Waals surface area contributed by atoms with Crippen LogP contribution in [-0.2, 0) is 4.79 Å². The monoisotopic (exact) mass is 231 g/mol. The number of carbonyl (C=O) groups excluding carboxylic acids is 1. The number of benzene rings is 1. The van der Waals surface area contributed by atoms with E-state index in [2.05, 4.69) is 49.9 Å². The Morgan fingerprint density at radius 1 is 1.24 bits per heavy atom. The lowest BCUT2D eigenvalue weighted by atomic mass is 9.87. The van der Waals surface area contributed by atoms with Crippen LogP contribution in [0, 0.1) is 0 Å². The van der Waals surface area contributed by atoms with E-state index in [1.54, 1.807) is 0 Å². The van der Waals surface area contributed by atoms with Crippen LogP contribution in [0.1, 0.15) is 45.2 Å². The van der Waals surface area contributed by atoms with E-state index in [4.69, 9.17) is 0 Å². The Balaban J connectivity index is 2.19. The van der Waals surface area contributed by atoms with Crippen molar-refractivity contribution < 1.29 is 4.79 Å². The largest absolute Gasteiger partial charge is 0.300 e. The molecule has 92 valence electrons. The maximum Gasteiger partial charge on any atom is 0.136 e. The molecule has 1 fully saturated rings. The Morgan fingerprint density at radius 2 is 1.88 bits per heavy atom. The number of hydrogen-bond acceptors (Lipinski definition) is 2. The fraction of sp³-hybridized carbons (Fsp3) is 0.533. The van der Waals surface area contributed by atoms with Crippen LogP contribution in [0.3, 0.4) is 0 Å². The van der Waals surface area contributed by atoms with E-state index >= 15 is 0 Å². The number of piperidine rings is 1. The fourth-order valence-electron chi connectivity index (χ4n) is 2.85. The summed E-state index contributed by atoms with van der Waals surface area (Å²) in [6, 6.07) is 10.9. The van der Waals surface area contributed by atoms with Crippen LogP contribution in [0.25, 0.3) is 0 Å². The van der Waals surface area contributed by atoms with Crippen LogP contribution >= 0.6 is 0 Å². The van der Waals surface area contributed by atoms with E-state index in [0.29, 0.717) is 24.7 Å². The second kappa shape index (κ2) is 4.61. The minimum atomic E-state index is -0.0232. The summed E-state index contributed by atoms with van der Waals surface area (Å²) in [5, 5.41) is 0. The van der Waals surface area contributed by atoms with Crippen molar-refractivity contribution in [3.63, 3.8) is 0 Å². The predicted molar refractivity (Wildman–Crippen MR) is 69.9 cm³/mol. The number of likely N-dealkylation sites (tertiary alicyclic amines) is 1. The van der Waals surface area contributed by atoms with Gasteiger partial charge in [-0.15, -0.1) is 0 Å². The molecular formula is C15H21NO. The first kappa shape index (κ1) is 12.3. The van der Waals surface area contributed by atoms with Gasteiger partial charge < -0.3 is 0 Å². The Morgan fingerprint density at radius 3 is 2.47 bits per heavy atom. The third-order valence-corrected chi connectivity index (χ3v) is 3.79. The molecule has 1 atom stereocenters. The summed E-state index contributed by atoms with van der Waals surface area (Å²) < 4.78 is 0. The number of hydrogen-bond donors (Lipinski definition) is 0. The second-order valence-electron chi connectivity index (χ2n) is 5.56. The minimum absolute atomic E-state index is 0.0232. The molecule has 1 aromatic rings. The lowest BCUT2D eigenvalue weighted by molar-refractivity contribution is -0.126. The van der Waals surface area contributed by atoms with Crippen molar-refractivity contribution in [2.24, 2.45) is 0 Å². The van der Waals surface area contributed by atoms with Crippen LogP contribution in [0.5, 0.6) is 0 Å². The van der Waals surface area contributed by atoms with Gasteiger partial charge in [-0.2, -0.15) is 0 Å². The number of ketones is 1. The third kappa shape index (κ3) is 2.58. The predicted octanol–water partition coefficient (Wildman–Crippen LogP) is 3.19. The van der Waals surface area contributed by atoms with Crippen LogP contribution in [-0.4, -0.2) is 22.8 Å². The molecule has 0 radical (unpaired) electrons. The quantitative estimate of drug-likeness (QED) is 0.779. The lowest BCUT2D eigenvalue weighted by Gasteiger charge is -2.45. The third-order valence-electron chi connectivity index (χ3n) is 3.79. The van der Waals surface area contributed by atoms with Gasteiger partial charge in [0, 0.05) is 31.0 Å². The zero-order valence-electron chi connectivity index (χ0n) is 10.9. The molecule has 1 aromatic carbocycles. The van der Waals surface area contributed by atoms with Crippen molar-refractivity contribution in [1.29, 1.82) is 0 Å². The fourth-order valence-corrected chi connectivity index (χ4v) is 2.85. The first-order valence-electron chi connectivity index (χ1n) is 6.34. The highest BCUT2D eigenvalue weighted by atomic mass is 16.1. The Kier molecular flexibility index (Phi) is 3.34. The van der Waals surface area contributed by atoms with Crippen molar-refractivity contribution >= 4 is 5.78 Å². The number of rotatable bonds is 2. The van der Waals surface area contributed by atoms with Gasteiger partial charge in [0.1, 0.15) is 5.78 Å². The first-order valence-corrected chi connectivity index (χ1v) is 6.34. The number of Topliss-reactive ketones (excluding diaryl/α,β-unsaturated/α-hetero) is 1. The molecule has 0 aromatic heterocycles. The van der Waals surface area contributed by atoms with Crippen LogP contribution in [0.4, 0.5) is 0 Å². The van der Waals surface area contributed by atoms with E-state index < -0.39 is 0 Å². The number of nitrogens with zero attached hydrogens (tertiary/aromatic N) is 1. The van der Waals surface area contributed by atoms with E-state index in [0.717, 1.165) is 6.54 Å². The minimum Gasteiger partial charge on any atom is -0.300 e. The van der Waals surface area contributed by atoms with E-state index in [1.165, 1.54) is 5.56 Å². The molecular weight excluding hydrogens is 210 g/mol. The highest BCUT2D eigenvalue weighted by Gasteiger charge is 2.36. The smallest absolute Gasteiger partial charge is 0.136 e. The van der Waals surface area contributed by atoms with Crippen LogP contribution in [0.15, 0.2) is 30.3 Å². The molecule has 0 N–H and O–H groups in total. The summed E-state index contributed by atoms with van der Waals surface area (Å²) >= 11 is 0. The second-order valence-corrected chi connectivity index (χ2v) is 5.56. The first-order chi connectivity index (χ1) is 8.00. The zero-order valence-corrected chi connectivity index (χ0v) is 10.9. The van der Waals surface area contributed by atoms with Gasteiger partial charge in [-0.25, -0.2) is 0 Å². The summed E-state index contributed by atoms with van der Waals surface area (Å²) in [5.41, 5.74) is 1.31. The molecule has 1 aliphatic heterocycles. The SMILES string of the molecule is CC(c1ccccc1)N1CCC(=O)CC1(C)C. The van der Waals surface area contributed by atoms with E-state index in [-0.39, 0.29) is 5.54 Å². The van der Waals surface area contributed by atoms with Crippen molar-refractivity contribution in [1.82, 2.24) is 4.90 Å². The van der Waals surface area contributed by atoms with Crippen molar-refractivity contribution in [3.8, 4) is 0 Å². The topological polar surface area (TPSA) is 20.3 Å². The maximum atomic E-state index is 11.6. The highest BCUT2D eigenvalue weighted by Crippen LogP contribution is 2.33. The molecule has 1 heterocycles. The zero-order chi connectivity index (χ0) is 12.5. The molecule has 0 bridgehead atoms. The number of carbonyl (C=O) groups is 1. The average molecular weight is 231 g/mol. The normalized spacial score (nSPS) is 22.4.